The number of carbonyl (C=O) groups is 2. The second-order valence-corrected chi connectivity index (χ2v) is 5.80. The maximum Gasteiger partial charge on any atom is 0.340 e. The molecule has 0 fully saturated rings. The highest BCUT2D eigenvalue weighted by atomic mass is 35.5. The number of aromatic nitrogens is 1. The minimum Gasteiger partial charge on any atom is -0.467 e. The van der Waals surface area contributed by atoms with Crippen LogP contribution in [0.4, 0.5) is 11.4 Å². The fourth-order valence-corrected chi connectivity index (χ4v) is 2.45. The molecule has 0 atom stereocenters. The molecular weight excluding hydrogens is 370 g/mol. The Morgan fingerprint density at radius 3 is 2.67 bits per heavy atom. The summed E-state index contributed by atoms with van der Waals surface area (Å²) in [5.41, 5.74) is 1.24. The molecule has 3 rings (SSSR count). The molecule has 2 aromatic heterocycles. The van der Waals surface area contributed by atoms with Gasteiger partial charge in [0.2, 0.25) is 0 Å². The molecule has 8 heteroatoms. The summed E-state index contributed by atoms with van der Waals surface area (Å²) in [6, 6.07) is 13.7. The van der Waals surface area contributed by atoms with Crippen LogP contribution in [0.15, 0.2) is 65.4 Å². The van der Waals surface area contributed by atoms with Gasteiger partial charge in [-0.2, -0.15) is 0 Å². The third-order valence-corrected chi connectivity index (χ3v) is 3.85. The quantitative estimate of drug-likeness (QED) is 0.475. The van der Waals surface area contributed by atoms with Crippen LogP contribution in [0.1, 0.15) is 16.1 Å². The van der Waals surface area contributed by atoms with Gasteiger partial charge in [0.25, 0.3) is 5.91 Å². The molecule has 7 nitrogen and oxygen atoms in total. The Morgan fingerprint density at radius 2 is 1.89 bits per heavy atom. The lowest BCUT2D eigenvalue weighted by atomic mass is 10.2. The topological polar surface area (TPSA) is 93.5 Å². The Kier molecular flexibility index (Phi) is 6.06. The number of amides is 1. The van der Waals surface area contributed by atoms with Crippen molar-refractivity contribution in [1.82, 2.24) is 4.98 Å². The summed E-state index contributed by atoms with van der Waals surface area (Å²) in [4.78, 5) is 28.2. The number of rotatable bonds is 7. The first-order chi connectivity index (χ1) is 13.1. The van der Waals surface area contributed by atoms with Crippen molar-refractivity contribution in [1.29, 1.82) is 0 Å². The lowest BCUT2D eigenvalue weighted by Gasteiger charge is -2.11. The Balaban J connectivity index is 1.57. The molecule has 0 saturated heterocycles. The summed E-state index contributed by atoms with van der Waals surface area (Å²) < 4.78 is 10.4. The average Bonchev–Trinajstić information content (AvgIpc) is 3.20. The molecule has 0 bridgehead atoms. The molecule has 0 aliphatic carbocycles. The third kappa shape index (κ3) is 5.08. The molecule has 2 N–H and O–H groups in total. The van der Waals surface area contributed by atoms with E-state index in [1.54, 1.807) is 48.7 Å². The van der Waals surface area contributed by atoms with Crippen LogP contribution in [-0.2, 0) is 16.1 Å². The highest BCUT2D eigenvalue weighted by Gasteiger charge is 2.15. The molecule has 0 aliphatic heterocycles. The van der Waals surface area contributed by atoms with Crippen molar-refractivity contribution in [3.8, 4) is 0 Å². The Morgan fingerprint density at radius 1 is 1.07 bits per heavy atom. The number of nitrogens with one attached hydrogen (secondary N) is 2. The number of anilines is 2. The molecule has 3 aromatic rings. The lowest BCUT2D eigenvalue weighted by molar-refractivity contribution is -0.119. The van der Waals surface area contributed by atoms with Gasteiger partial charge in [-0.3, -0.25) is 4.79 Å². The lowest BCUT2D eigenvalue weighted by Crippen LogP contribution is -2.21. The van der Waals surface area contributed by atoms with Gasteiger partial charge in [0.1, 0.15) is 5.76 Å². The van der Waals surface area contributed by atoms with Gasteiger partial charge in [0, 0.05) is 11.9 Å². The van der Waals surface area contributed by atoms with Crippen molar-refractivity contribution in [2.75, 3.05) is 17.2 Å². The van der Waals surface area contributed by atoms with E-state index in [0.717, 1.165) is 5.76 Å². The number of carbonyl (C=O) groups excluding carboxylic acids is 2. The fourth-order valence-electron chi connectivity index (χ4n) is 2.29. The summed E-state index contributed by atoms with van der Waals surface area (Å²) in [5, 5.41) is 5.80. The number of para-hydroxylation sites is 1. The maximum atomic E-state index is 12.3. The largest absolute Gasteiger partial charge is 0.467 e. The Hall–Kier alpha value is -3.32. The zero-order valence-corrected chi connectivity index (χ0v) is 14.9. The van der Waals surface area contributed by atoms with Gasteiger partial charge in [-0.25, -0.2) is 9.78 Å². The van der Waals surface area contributed by atoms with Crippen LogP contribution < -0.4 is 10.6 Å². The first-order valence-corrected chi connectivity index (χ1v) is 8.44. The molecule has 27 heavy (non-hydrogen) atoms. The first-order valence-electron chi connectivity index (χ1n) is 8.06. The van der Waals surface area contributed by atoms with Gasteiger partial charge in [0.05, 0.1) is 24.1 Å². The van der Waals surface area contributed by atoms with Gasteiger partial charge >= 0.3 is 5.97 Å². The van der Waals surface area contributed by atoms with E-state index in [1.165, 1.54) is 6.20 Å². The standard InChI is InChI=1S/C19H16ClN3O4/c20-18-16(8-3-9-21-18)23-17(24)12-27-19(25)14-6-1-2-7-15(14)22-11-13-5-4-10-26-13/h1-10,22H,11-12H2,(H,23,24). The number of halogens is 1. The van der Waals surface area contributed by atoms with Crippen molar-refractivity contribution in [2.45, 2.75) is 6.54 Å². The first kappa shape index (κ1) is 18.5. The molecule has 0 spiro atoms. The zero-order valence-electron chi connectivity index (χ0n) is 14.1. The summed E-state index contributed by atoms with van der Waals surface area (Å²) in [5.74, 6) is -0.407. The van der Waals surface area contributed by atoms with Gasteiger partial charge in [-0.1, -0.05) is 23.7 Å². The third-order valence-electron chi connectivity index (χ3n) is 3.55. The number of benzene rings is 1. The fraction of sp³-hybridized carbons (Fsp3) is 0.105. The van der Waals surface area contributed by atoms with E-state index in [2.05, 4.69) is 15.6 Å². The second-order valence-electron chi connectivity index (χ2n) is 5.44. The Bertz CT molecular complexity index is 928. The monoisotopic (exact) mass is 385 g/mol. The highest BCUT2D eigenvalue weighted by Crippen LogP contribution is 2.19. The van der Waals surface area contributed by atoms with Gasteiger partial charge in [0.15, 0.2) is 11.8 Å². The van der Waals surface area contributed by atoms with E-state index in [9.17, 15) is 9.59 Å². The van der Waals surface area contributed by atoms with Crippen molar-refractivity contribution in [3.05, 3.63) is 77.5 Å². The van der Waals surface area contributed by atoms with Crippen LogP contribution in [-0.4, -0.2) is 23.5 Å². The van der Waals surface area contributed by atoms with Gasteiger partial charge < -0.3 is 19.8 Å². The molecule has 0 unspecified atom stereocenters. The van der Waals surface area contributed by atoms with Crippen LogP contribution in [0.25, 0.3) is 0 Å². The van der Waals surface area contributed by atoms with E-state index in [4.69, 9.17) is 20.8 Å². The van der Waals surface area contributed by atoms with Crippen LogP contribution in [0.5, 0.6) is 0 Å². The maximum absolute atomic E-state index is 12.3. The van der Waals surface area contributed by atoms with Crippen LogP contribution in [0, 0.1) is 0 Å². The van der Waals surface area contributed by atoms with Gasteiger partial charge in [-0.15, -0.1) is 0 Å². The molecule has 0 saturated carbocycles. The second kappa shape index (κ2) is 8.86. The number of ether oxygens (including phenoxy) is 1. The summed E-state index contributed by atoms with van der Waals surface area (Å²) in [6.07, 6.45) is 3.08. The van der Waals surface area contributed by atoms with Gasteiger partial charge in [-0.05, 0) is 36.4 Å². The van der Waals surface area contributed by atoms with Crippen LogP contribution >= 0.6 is 11.6 Å². The number of hydrogen-bond acceptors (Lipinski definition) is 6. The van der Waals surface area contributed by atoms with E-state index < -0.39 is 18.5 Å². The Labute approximate surface area is 160 Å². The highest BCUT2D eigenvalue weighted by molar-refractivity contribution is 6.32. The number of furan rings is 1. The van der Waals surface area contributed by atoms with Crippen molar-refractivity contribution in [2.24, 2.45) is 0 Å². The molecule has 2 heterocycles. The molecule has 0 radical (unpaired) electrons. The van der Waals surface area contributed by atoms with E-state index in [1.807, 2.05) is 6.07 Å². The molecule has 138 valence electrons. The molecular formula is C19H16ClN3O4. The predicted octanol–water partition coefficient (Wildman–Crippen LogP) is 3.74. The van der Waals surface area contributed by atoms with Crippen LogP contribution in [0.3, 0.4) is 0 Å². The minimum atomic E-state index is -0.620. The number of nitrogens with zero attached hydrogens (tertiary/aromatic N) is 1. The summed E-state index contributed by atoms with van der Waals surface area (Å²) >= 11 is 5.88. The number of esters is 1. The zero-order chi connectivity index (χ0) is 19.1. The van der Waals surface area contributed by atoms with E-state index in [0.29, 0.717) is 23.5 Å². The number of hydrogen-bond donors (Lipinski definition) is 2. The van der Waals surface area contributed by atoms with E-state index in [-0.39, 0.29) is 5.15 Å². The summed E-state index contributed by atoms with van der Waals surface area (Å²) in [6.45, 7) is -0.0339. The van der Waals surface area contributed by atoms with Crippen molar-refractivity contribution in [3.63, 3.8) is 0 Å². The summed E-state index contributed by atoms with van der Waals surface area (Å²) in [7, 11) is 0. The minimum absolute atomic E-state index is 0.157. The molecule has 1 aromatic carbocycles. The SMILES string of the molecule is O=C(COC(=O)c1ccccc1NCc1ccco1)Nc1cccnc1Cl. The predicted molar refractivity (Wildman–Crippen MR) is 101 cm³/mol. The van der Waals surface area contributed by atoms with Crippen LogP contribution in [0.2, 0.25) is 5.15 Å². The number of pyridine rings is 1. The molecule has 0 aliphatic rings. The van der Waals surface area contributed by atoms with Crippen molar-refractivity contribution >= 4 is 34.9 Å². The van der Waals surface area contributed by atoms with E-state index >= 15 is 0 Å². The molecule has 1 amide bonds. The smallest absolute Gasteiger partial charge is 0.340 e. The normalized spacial score (nSPS) is 10.3. The average molecular weight is 386 g/mol. The van der Waals surface area contributed by atoms with Crippen molar-refractivity contribution < 1.29 is 18.7 Å².